The maximum atomic E-state index is 12.3. The van der Waals surface area contributed by atoms with Gasteiger partial charge in [0.25, 0.3) is 0 Å². The van der Waals surface area contributed by atoms with E-state index in [-0.39, 0.29) is 5.91 Å². The second-order valence-corrected chi connectivity index (χ2v) is 8.34. The van der Waals surface area contributed by atoms with Gasteiger partial charge < -0.3 is 10.6 Å². The van der Waals surface area contributed by atoms with E-state index in [9.17, 15) is 4.79 Å². The number of carbonyl (C=O) groups excluding carboxylic acids is 1. The molecule has 2 heterocycles. The Morgan fingerprint density at radius 3 is 2.86 bits per heavy atom. The molecular formula is C17H25N3OS. The summed E-state index contributed by atoms with van der Waals surface area (Å²) >= 11 is 1.67. The summed E-state index contributed by atoms with van der Waals surface area (Å²) in [6, 6.07) is 0. The average molecular weight is 319 g/mol. The Labute approximate surface area is 136 Å². The first-order valence-corrected chi connectivity index (χ1v) is 9.56. The first kappa shape index (κ1) is 14.6. The first-order valence-electron chi connectivity index (χ1n) is 8.74. The van der Waals surface area contributed by atoms with Crippen LogP contribution in [0.4, 0.5) is 5.13 Å². The van der Waals surface area contributed by atoms with Crippen molar-refractivity contribution in [3.8, 4) is 0 Å². The molecule has 3 aliphatic rings. The highest BCUT2D eigenvalue weighted by atomic mass is 32.1. The van der Waals surface area contributed by atoms with E-state index in [2.05, 4.69) is 15.6 Å². The van der Waals surface area contributed by atoms with Gasteiger partial charge >= 0.3 is 0 Å². The Balaban J connectivity index is 1.31. The van der Waals surface area contributed by atoms with E-state index in [4.69, 9.17) is 0 Å². The van der Waals surface area contributed by atoms with Crippen LogP contribution >= 0.6 is 11.3 Å². The molecule has 1 aromatic heterocycles. The minimum atomic E-state index is 0.170. The molecule has 0 aromatic carbocycles. The molecule has 2 aliphatic carbocycles. The van der Waals surface area contributed by atoms with Gasteiger partial charge in [-0.3, -0.25) is 4.79 Å². The second kappa shape index (κ2) is 6.28. The van der Waals surface area contributed by atoms with Gasteiger partial charge in [0, 0.05) is 17.5 Å². The molecule has 3 fully saturated rings. The zero-order valence-electron chi connectivity index (χ0n) is 13.0. The van der Waals surface area contributed by atoms with Crippen LogP contribution in [-0.2, 0) is 4.79 Å². The van der Waals surface area contributed by atoms with Crippen molar-refractivity contribution in [1.82, 2.24) is 10.3 Å². The molecular weight excluding hydrogens is 294 g/mol. The molecule has 2 saturated carbocycles. The highest BCUT2D eigenvalue weighted by Crippen LogP contribution is 2.49. The summed E-state index contributed by atoms with van der Waals surface area (Å²) in [6.07, 6.45) is 10.4. The molecule has 5 heteroatoms. The van der Waals surface area contributed by atoms with Gasteiger partial charge in [0.05, 0.1) is 0 Å². The van der Waals surface area contributed by atoms with Crippen molar-refractivity contribution in [3.63, 3.8) is 0 Å². The van der Waals surface area contributed by atoms with Crippen molar-refractivity contribution in [2.45, 2.75) is 50.9 Å². The number of aromatic nitrogens is 1. The van der Waals surface area contributed by atoms with E-state index in [1.807, 2.05) is 6.20 Å². The monoisotopic (exact) mass is 319 g/mol. The maximum Gasteiger partial charge on any atom is 0.226 e. The number of carbonyl (C=O) groups is 1. The van der Waals surface area contributed by atoms with Crippen LogP contribution in [0.15, 0.2) is 6.20 Å². The largest absolute Gasteiger partial charge is 0.317 e. The summed E-state index contributed by atoms with van der Waals surface area (Å²) in [5, 5.41) is 7.23. The Morgan fingerprint density at radius 2 is 2.14 bits per heavy atom. The number of hydrogen-bond donors (Lipinski definition) is 2. The summed E-state index contributed by atoms with van der Waals surface area (Å²) in [6.45, 7) is 2.18. The number of hydrogen-bond acceptors (Lipinski definition) is 4. The standard InChI is InChI=1S/C17H25N3OS/c21-16(9-14-8-11-1-2-13(14)7-11)20-17-19-10-15(22-17)12-3-5-18-6-4-12/h10-14,18H,1-9H2,(H,19,20,21). The number of amides is 1. The fourth-order valence-electron chi connectivity index (χ4n) is 4.67. The molecule has 4 rings (SSSR count). The molecule has 3 atom stereocenters. The van der Waals surface area contributed by atoms with Gasteiger partial charge in [0.1, 0.15) is 0 Å². The highest BCUT2D eigenvalue weighted by molar-refractivity contribution is 7.15. The predicted octanol–water partition coefficient (Wildman–Crippen LogP) is 3.37. The Kier molecular flexibility index (Phi) is 4.18. The lowest BCUT2D eigenvalue weighted by Crippen LogP contribution is -2.26. The van der Waals surface area contributed by atoms with Crippen LogP contribution < -0.4 is 10.6 Å². The zero-order valence-corrected chi connectivity index (χ0v) is 13.8. The maximum absolute atomic E-state index is 12.3. The van der Waals surface area contributed by atoms with Crippen LogP contribution in [0.1, 0.15) is 55.7 Å². The molecule has 120 valence electrons. The van der Waals surface area contributed by atoms with Crippen LogP contribution in [0.5, 0.6) is 0 Å². The van der Waals surface area contributed by atoms with Crippen molar-refractivity contribution < 1.29 is 4.79 Å². The van der Waals surface area contributed by atoms with E-state index < -0.39 is 0 Å². The number of nitrogens with zero attached hydrogens (tertiary/aromatic N) is 1. The highest BCUT2D eigenvalue weighted by Gasteiger charge is 2.40. The Morgan fingerprint density at radius 1 is 1.27 bits per heavy atom. The van der Waals surface area contributed by atoms with E-state index in [0.717, 1.165) is 30.1 Å². The lowest BCUT2D eigenvalue weighted by molar-refractivity contribution is -0.117. The number of anilines is 1. The molecule has 1 saturated heterocycles. The molecule has 3 unspecified atom stereocenters. The molecule has 0 radical (unpaired) electrons. The van der Waals surface area contributed by atoms with E-state index in [1.165, 1.54) is 43.4 Å². The van der Waals surface area contributed by atoms with Crippen LogP contribution in [0.3, 0.4) is 0 Å². The smallest absolute Gasteiger partial charge is 0.226 e. The minimum absolute atomic E-state index is 0.170. The van der Waals surface area contributed by atoms with Gasteiger partial charge in [-0.2, -0.15) is 0 Å². The molecule has 22 heavy (non-hydrogen) atoms. The summed E-state index contributed by atoms with van der Waals surface area (Å²) in [5.74, 6) is 3.15. The van der Waals surface area contributed by atoms with Crippen molar-refractivity contribution in [1.29, 1.82) is 0 Å². The predicted molar refractivity (Wildman–Crippen MR) is 89.1 cm³/mol. The summed E-state index contributed by atoms with van der Waals surface area (Å²) in [4.78, 5) is 18.0. The molecule has 1 amide bonds. The lowest BCUT2D eigenvalue weighted by Gasteiger charge is -2.21. The number of fused-ring (bicyclic) bond motifs is 2. The van der Waals surface area contributed by atoms with Crippen molar-refractivity contribution in [3.05, 3.63) is 11.1 Å². The first-order chi connectivity index (χ1) is 10.8. The Hall–Kier alpha value is -0.940. The van der Waals surface area contributed by atoms with Crippen LogP contribution in [0.25, 0.3) is 0 Å². The normalized spacial score (nSPS) is 31.5. The topological polar surface area (TPSA) is 54.0 Å². The lowest BCUT2D eigenvalue weighted by atomic mass is 9.86. The van der Waals surface area contributed by atoms with Gasteiger partial charge in [-0.15, -0.1) is 11.3 Å². The van der Waals surface area contributed by atoms with Crippen LogP contribution in [0.2, 0.25) is 0 Å². The third kappa shape index (κ3) is 3.06. The molecule has 1 aromatic rings. The van der Waals surface area contributed by atoms with E-state index in [1.54, 1.807) is 11.3 Å². The number of rotatable bonds is 4. The Bertz CT molecular complexity index is 538. The van der Waals surface area contributed by atoms with E-state index in [0.29, 0.717) is 18.3 Å². The summed E-state index contributed by atoms with van der Waals surface area (Å²) in [7, 11) is 0. The molecule has 1 aliphatic heterocycles. The van der Waals surface area contributed by atoms with Crippen molar-refractivity contribution >= 4 is 22.4 Å². The molecule has 0 spiro atoms. The number of nitrogens with one attached hydrogen (secondary N) is 2. The molecule has 2 N–H and O–H groups in total. The van der Waals surface area contributed by atoms with Crippen molar-refractivity contribution in [2.75, 3.05) is 18.4 Å². The fourth-order valence-corrected chi connectivity index (χ4v) is 5.68. The molecule has 2 bridgehead atoms. The summed E-state index contributed by atoms with van der Waals surface area (Å²) in [5.41, 5.74) is 0. The van der Waals surface area contributed by atoms with E-state index >= 15 is 0 Å². The quantitative estimate of drug-likeness (QED) is 0.894. The summed E-state index contributed by atoms with van der Waals surface area (Å²) < 4.78 is 0. The molecule has 4 nitrogen and oxygen atoms in total. The van der Waals surface area contributed by atoms with Gasteiger partial charge in [0.15, 0.2) is 5.13 Å². The minimum Gasteiger partial charge on any atom is -0.317 e. The van der Waals surface area contributed by atoms with Gasteiger partial charge in [-0.25, -0.2) is 4.98 Å². The zero-order chi connectivity index (χ0) is 14.9. The fraction of sp³-hybridized carbons (Fsp3) is 0.765. The number of piperidine rings is 1. The van der Waals surface area contributed by atoms with Gasteiger partial charge in [-0.05, 0) is 68.9 Å². The van der Waals surface area contributed by atoms with Crippen LogP contribution in [-0.4, -0.2) is 24.0 Å². The van der Waals surface area contributed by atoms with Gasteiger partial charge in [0.2, 0.25) is 5.91 Å². The SMILES string of the molecule is O=C(CC1CC2CCC1C2)Nc1ncc(C2CCNCC2)s1. The third-order valence-corrected chi connectivity index (χ3v) is 6.92. The van der Waals surface area contributed by atoms with Crippen LogP contribution in [0, 0.1) is 17.8 Å². The van der Waals surface area contributed by atoms with Crippen molar-refractivity contribution in [2.24, 2.45) is 17.8 Å². The number of thiazole rings is 1. The second-order valence-electron chi connectivity index (χ2n) is 7.28. The average Bonchev–Trinajstić information content (AvgIpc) is 3.24. The van der Waals surface area contributed by atoms with Gasteiger partial charge in [-0.1, -0.05) is 6.42 Å². The third-order valence-electron chi connectivity index (χ3n) is 5.84.